The van der Waals surface area contributed by atoms with E-state index in [0.717, 1.165) is 23.6 Å². The summed E-state index contributed by atoms with van der Waals surface area (Å²) in [5.41, 5.74) is 2.62. The zero-order chi connectivity index (χ0) is 16.4. The van der Waals surface area contributed by atoms with Crippen LogP contribution in [0.5, 0.6) is 0 Å². The Morgan fingerprint density at radius 2 is 1.18 bits per heavy atom. The number of alkyl halides is 3. The van der Waals surface area contributed by atoms with E-state index in [-0.39, 0.29) is 5.41 Å². The minimum Gasteiger partial charge on any atom is -0.166 e. The minimum atomic E-state index is -4.28. The normalized spacial score (nSPS) is 12.5. The standard InChI is InChI=1S/C19H21F3/c1-18(2,3)16-8-4-6-14(12-16)10-11-15-7-5-9-17(13-15)19(20,21)22/h4-9,12-13H,10-11H2,1-3H3. The lowest BCUT2D eigenvalue weighted by Gasteiger charge is -2.19. The van der Waals surface area contributed by atoms with Crippen LogP contribution in [0.25, 0.3) is 0 Å². The Labute approximate surface area is 130 Å². The average molecular weight is 306 g/mol. The van der Waals surface area contributed by atoms with Crippen LogP contribution in [0.3, 0.4) is 0 Å². The molecule has 2 aromatic rings. The van der Waals surface area contributed by atoms with E-state index >= 15 is 0 Å². The van der Waals surface area contributed by atoms with E-state index in [2.05, 4.69) is 32.9 Å². The Hall–Kier alpha value is -1.77. The number of benzene rings is 2. The summed E-state index contributed by atoms with van der Waals surface area (Å²) in [5.74, 6) is 0. The quantitative estimate of drug-likeness (QED) is 0.673. The molecule has 0 aliphatic carbocycles. The highest BCUT2D eigenvalue weighted by Gasteiger charge is 2.30. The zero-order valence-corrected chi connectivity index (χ0v) is 13.2. The Morgan fingerprint density at radius 3 is 1.64 bits per heavy atom. The van der Waals surface area contributed by atoms with Crippen LogP contribution in [-0.4, -0.2) is 0 Å². The molecule has 0 fully saturated rings. The summed E-state index contributed by atoms with van der Waals surface area (Å²) < 4.78 is 38.1. The van der Waals surface area contributed by atoms with Crippen molar-refractivity contribution in [3.05, 3.63) is 70.8 Å². The third-order valence-electron chi connectivity index (χ3n) is 3.75. The summed E-state index contributed by atoms with van der Waals surface area (Å²) in [5, 5.41) is 0. The van der Waals surface area contributed by atoms with Crippen LogP contribution in [-0.2, 0) is 24.4 Å². The molecule has 0 aliphatic rings. The molecule has 22 heavy (non-hydrogen) atoms. The van der Waals surface area contributed by atoms with Gasteiger partial charge < -0.3 is 0 Å². The molecule has 118 valence electrons. The molecular formula is C19H21F3. The Bertz CT molecular complexity index is 576. The maximum Gasteiger partial charge on any atom is 0.416 e. The maximum atomic E-state index is 12.7. The molecule has 0 radical (unpaired) electrons. The molecule has 0 saturated carbocycles. The lowest BCUT2D eigenvalue weighted by molar-refractivity contribution is -0.137. The molecule has 0 aliphatic heterocycles. The predicted octanol–water partition coefficient (Wildman–Crippen LogP) is 5.79. The van der Waals surface area contributed by atoms with Crippen molar-refractivity contribution in [2.24, 2.45) is 0 Å². The van der Waals surface area contributed by atoms with Crippen LogP contribution in [0, 0.1) is 0 Å². The molecule has 0 nitrogen and oxygen atoms in total. The van der Waals surface area contributed by atoms with Crippen LogP contribution >= 0.6 is 0 Å². The second-order valence-corrected chi connectivity index (χ2v) is 6.65. The summed E-state index contributed by atoms with van der Waals surface area (Å²) in [4.78, 5) is 0. The molecule has 0 heterocycles. The summed E-state index contributed by atoms with van der Waals surface area (Å²) in [7, 11) is 0. The zero-order valence-electron chi connectivity index (χ0n) is 13.2. The number of rotatable bonds is 3. The number of halogens is 3. The van der Waals surface area contributed by atoms with Crippen molar-refractivity contribution in [1.29, 1.82) is 0 Å². The molecule has 2 rings (SSSR count). The van der Waals surface area contributed by atoms with Crippen LogP contribution in [0.15, 0.2) is 48.5 Å². The first-order valence-corrected chi connectivity index (χ1v) is 7.42. The van der Waals surface area contributed by atoms with Crippen molar-refractivity contribution in [3.8, 4) is 0 Å². The number of hydrogen-bond acceptors (Lipinski definition) is 0. The second kappa shape index (κ2) is 6.15. The molecule has 0 amide bonds. The van der Waals surface area contributed by atoms with E-state index in [1.165, 1.54) is 17.7 Å². The molecule has 0 saturated heterocycles. The van der Waals surface area contributed by atoms with E-state index in [4.69, 9.17) is 0 Å². The summed E-state index contributed by atoms with van der Waals surface area (Å²) in [6.07, 6.45) is -2.93. The van der Waals surface area contributed by atoms with Crippen molar-refractivity contribution >= 4 is 0 Å². The van der Waals surface area contributed by atoms with Crippen LogP contribution in [0.1, 0.15) is 43.0 Å². The SMILES string of the molecule is CC(C)(C)c1cccc(CCc2cccc(C(F)(F)F)c2)c1. The monoisotopic (exact) mass is 306 g/mol. The third kappa shape index (κ3) is 4.36. The van der Waals surface area contributed by atoms with Crippen LogP contribution < -0.4 is 0 Å². The van der Waals surface area contributed by atoms with E-state index in [1.807, 2.05) is 12.1 Å². The first-order valence-electron chi connectivity index (χ1n) is 7.42. The van der Waals surface area contributed by atoms with Crippen LogP contribution in [0.2, 0.25) is 0 Å². The smallest absolute Gasteiger partial charge is 0.166 e. The van der Waals surface area contributed by atoms with Crippen molar-refractivity contribution in [3.63, 3.8) is 0 Å². The molecule has 0 aromatic heterocycles. The fourth-order valence-electron chi connectivity index (χ4n) is 2.39. The molecule has 3 heteroatoms. The van der Waals surface area contributed by atoms with Gasteiger partial charge in [0.2, 0.25) is 0 Å². The molecule has 0 atom stereocenters. The minimum absolute atomic E-state index is 0.0756. The molecule has 2 aromatic carbocycles. The topological polar surface area (TPSA) is 0 Å². The first kappa shape index (κ1) is 16.6. The van der Waals surface area contributed by atoms with Crippen molar-refractivity contribution in [1.82, 2.24) is 0 Å². The van der Waals surface area contributed by atoms with Gasteiger partial charge in [-0.25, -0.2) is 0 Å². The first-order chi connectivity index (χ1) is 10.2. The molecule has 0 bridgehead atoms. The van der Waals surface area contributed by atoms with E-state index in [9.17, 15) is 13.2 Å². The lowest BCUT2D eigenvalue weighted by atomic mass is 9.85. The maximum absolute atomic E-state index is 12.7. The van der Waals surface area contributed by atoms with Gasteiger partial charge in [-0.2, -0.15) is 13.2 Å². The van der Waals surface area contributed by atoms with Gasteiger partial charge in [-0.15, -0.1) is 0 Å². The molecule has 0 unspecified atom stereocenters. The van der Waals surface area contributed by atoms with E-state index < -0.39 is 11.7 Å². The Balaban J connectivity index is 2.11. The largest absolute Gasteiger partial charge is 0.416 e. The van der Waals surface area contributed by atoms with E-state index in [0.29, 0.717) is 6.42 Å². The van der Waals surface area contributed by atoms with Crippen molar-refractivity contribution < 1.29 is 13.2 Å². The second-order valence-electron chi connectivity index (χ2n) is 6.65. The van der Waals surface area contributed by atoms with Gasteiger partial charge in [0.15, 0.2) is 0 Å². The highest BCUT2D eigenvalue weighted by molar-refractivity contribution is 5.30. The Morgan fingerprint density at radius 1 is 0.727 bits per heavy atom. The van der Waals surface area contributed by atoms with Gasteiger partial charge in [0, 0.05) is 0 Å². The molecule has 0 spiro atoms. The van der Waals surface area contributed by atoms with Gasteiger partial charge >= 0.3 is 6.18 Å². The predicted molar refractivity (Wildman–Crippen MR) is 84.0 cm³/mol. The number of aryl methyl sites for hydroxylation is 2. The summed E-state index contributed by atoms with van der Waals surface area (Å²) in [6, 6.07) is 13.9. The highest BCUT2D eigenvalue weighted by atomic mass is 19.4. The average Bonchev–Trinajstić information content (AvgIpc) is 2.44. The number of hydrogen-bond donors (Lipinski definition) is 0. The Kier molecular flexibility index (Phi) is 4.64. The van der Waals surface area contributed by atoms with Gasteiger partial charge in [0.05, 0.1) is 5.56 Å². The highest BCUT2D eigenvalue weighted by Crippen LogP contribution is 2.30. The lowest BCUT2D eigenvalue weighted by Crippen LogP contribution is -2.11. The van der Waals surface area contributed by atoms with Gasteiger partial charge in [0.1, 0.15) is 0 Å². The van der Waals surface area contributed by atoms with Gasteiger partial charge in [-0.1, -0.05) is 63.2 Å². The van der Waals surface area contributed by atoms with Crippen LogP contribution in [0.4, 0.5) is 13.2 Å². The van der Waals surface area contributed by atoms with Crippen molar-refractivity contribution in [2.45, 2.75) is 45.2 Å². The third-order valence-corrected chi connectivity index (χ3v) is 3.75. The fraction of sp³-hybridized carbons (Fsp3) is 0.368. The van der Waals surface area contributed by atoms with Crippen molar-refractivity contribution in [2.75, 3.05) is 0 Å². The fourth-order valence-corrected chi connectivity index (χ4v) is 2.39. The van der Waals surface area contributed by atoms with Gasteiger partial charge in [-0.3, -0.25) is 0 Å². The molecule has 0 N–H and O–H groups in total. The summed E-state index contributed by atoms with van der Waals surface area (Å²) in [6.45, 7) is 6.46. The van der Waals surface area contributed by atoms with E-state index in [1.54, 1.807) is 6.07 Å². The molecular weight excluding hydrogens is 285 g/mol. The van der Waals surface area contributed by atoms with Gasteiger partial charge in [0.25, 0.3) is 0 Å². The van der Waals surface area contributed by atoms with Gasteiger partial charge in [-0.05, 0) is 41.0 Å². The summed E-state index contributed by atoms with van der Waals surface area (Å²) >= 11 is 0.